The number of hydrogen-bond acceptors (Lipinski definition) is 6. The number of nitrogens with zero attached hydrogens (tertiary/aromatic N) is 2. The van der Waals surface area contributed by atoms with Crippen molar-refractivity contribution in [3.63, 3.8) is 0 Å². The molecule has 2 N–H and O–H groups in total. The molecule has 0 bridgehead atoms. The molecule has 1 aliphatic heterocycles. The van der Waals surface area contributed by atoms with Gasteiger partial charge in [0.25, 0.3) is 0 Å². The van der Waals surface area contributed by atoms with Crippen molar-refractivity contribution in [2.24, 2.45) is 5.73 Å². The van der Waals surface area contributed by atoms with Crippen molar-refractivity contribution in [2.75, 3.05) is 10.7 Å². The largest absolute Gasteiger partial charge is 0.389 e. The van der Waals surface area contributed by atoms with E-state index < -0.39 is 62.2 Å². The maximum atomic E-state index is 14.8. The third kappa shape index (κ3) is 6.23. The molecule has 1 amide bonds. The number of nitrogens with two attached hydrogens (primary N) is 1. The van der Waals surface area contributed by atoms with Crippen molar-refractivity contribution < 1.29 is 35.6 Å². The van der Waals surface area contributed by atoms with Crippen LogP contribution in [0.25, 0.3) is 0 Å². The van der Waals surface area contributed by atoms with Crippen LogP contribution < -0.4 is 10.6 Å². The Kier molecular flexibility index (Phi) is 7.62. The Balaban J connectivity index is 1.99. The van der Waals surface area contributed by atoms with Crippen LogP contribution in [0.2, 0.25) is 0 Å². The molecule has 0 spiro atoms. The number of fused-ring (bicyclic) bond motifs is 1. The molecule has 2 aromatic carbocycles. The number of ketones is 1. The molecule has 1 aliphatic rings. The molecule has 3 rings (SSSR count). The highest BCUT2D eigenvalue weighted by Crippen LogP contribution is 2.34. The number of anilines is 1. The van der Waals surface area contributed by atoms with Gasteiger partial charge in [-0.25, -0.2) is 12.8 Å². The average molecular weight is 511 g/mol. The second kappa shape index (κ2) is 10.1. The lowest BCUT2D eigenvalue weighted by atomic mass is 10.0. The average Bonchev–Trinajstić information content (AvgIpc) is 2.84. The van der Waals surface area contributed by atoms with Gasteiger partial charge in [0.2, 0.25) is 5.91 Å². The van der Waals surface area contributed by atoms with Gasteiger partial charge in [0.15, 0.2) is 15.6 Å². The lowest BCUT2D eigenvalue weighted by Gasteiger charge is -2.25. The van der Waals surface area contributed by atoms with Crippen molar-refractivity contribution in [3.05, 3.63) is 58.9 Å². The lowest BCUT2D eigenvalue weighted by Crippen LogP contribution is -2.45. The second-order valence-corrected chi connectivity index (χ2v) is 10.2. The summed E-state index contributed by atoms with van der Waals surface area (Å²) in [6, 6.07) is 8.17. The van der Waals surface area contributed by atoms with Crippen LogP contribution in [0.1, 0.15) is 47.2 Å². The molecule has 35 heavy (non-hydrogen) atoms. The Bertz CT molecular complexity index is 1290. The molecular weight excluding hydrogens is 490 g/mol. The quantitative estimate of drug-likeness (QED) is 0.344. The van der Waals surface area contributed by atoms with Gasteiger partial charge in [-0.15, -0.1) is 0 Å². The molecular formula is C23H21F4N3O4S. The van der Waals surface area contributed by atoms with Crippen molar-refractivity contribution >= 4 is 27.2 Å². The van der Waals surface area contributed by atoms with E-state index in [-0.39, 0.29) is 31.5 Å². The van der Waals surface area contributed by atoms with E-state index in [1.807, 2.05) is 6.07 Å². The summed E-state index contributed by atoms with van der Waals surface area (Å²) in [4.78, 5) is 26.1. The number of carbonyl (C=O) groups is 2. The highest BCUT2D eigenvalue weighted by atomic mass is 32.2. The Hall–Kier alpha value is -3.30. The van der Waals surface area contributed by atoms with E-state index in [4.69, 9.17) is 11.0 Å². The Morgan fingerprint density at radius 3 is 2.43 bits per heavy atom. The van der Waals surface area contributed by atoms with Crippen LogP contribution in [-0.2, 0) is 21.2 Å². The van der Waals surface area contributed by atoms with Crippen molar-refractivity contribution in [1.29, 1.82) is 5.26 Å². The number of sulfone groups is 1. The van der Waals surface area contributed by atoms with E-state index in [9.17, 15) is 35.6 Å². The molecule has 0 unspecified atom stereocenters. The van der Waals surface area contributed by atoms with Crippen LogP contribution in [0.3, 0.4) is 0 Å². The third-order valence-electron chi connectivity index (χ3n) is 5.49. The van der Waals surface area contributed by atoms with Crippen molar-refractivity contribution in [3.8, 4) is 6.07 Å². The number of hydrogen-bond donors (Lipinski definition) is 1. The minimum atomic E-state index is -4.38. The normalized spacial score (nSPS) is 17.4. The summed E-state index contributed by atoms with van der Waals surface area (Å²) in [5.74, 6) is -3.52. The summed E-state index contributed by atoms with van der Waals surface area (Å²) in [5.41, 5.74) is 5.91. The van der Waals surface area contributed by atoms with E-state index in [0.29, 0.717) is 17.2 Å². The number of benzene rings is 2. The van der Waals surface area contributed by atoms with Gasteiger partial charge in [0, 0.05) is 12.8 Å². The van der Waals surface area contributed by atoms with Gasteiger partial charge in [-0.05, 0) is 42.7 Å². The van der Waals surface area contributed by atoms with E-state index >= 15 is 0 Å². The number of carbonyl (C=O) groups excluding carboxylic acids is 2. The van der Waals surface area contributed by atoms with Crippen LogP contribution in [-0.4, -0.2) is 38.1 Å². The van der Waals surface area contributed by atoms with Gasteiger partial charge in [-0.3, -0.25) is 9.59 Å². The maximum Gasteiger partial charge on any atom is 0.389 e. The third-order valence-corrected chi connectivity index (χ3v) is 7.29. The monoisotopic (exact) mass is 511 g/mol. The van der Waals surface area contributed by atoms with Gasteiger partial charge in [0.05, 0.1) is 46.1 Å². The van der Waals surface area contributed by atoms with E-state index in [1.165, 1.54) is 12.1 Å². The standard InChI is InChI=1S/C23H21F4N3O4S/c24-17-10-21-19(9-16(17)20(31)3-1-2-8-23(25,26)27)30(22(32)18(29)13-35(21,33)34)12-15-6-4-14(11-28)5-7-15/h4-7,9-10,18H,1-3,8,12-13,29H2/t18-/m0/s1. The van der Waals surface area contributed by atoms with Gasteiger partial charge in [0.1, 0.15) is 5.82 Å². The van der Waals surface area contributed by atoms with Gasteiger partial charge in [-0.2, -0.15) is 18.4 Å². The first-order chi connectivity index (χ1) is 16.3. The zero-order valence-corrected chi connectivity index (χ0v) is 19.1. The fourth-order valence-corrected chi connectivity index (χ4v) is 5.28. The molecule has 12 heteroatoms. The van der Waals surface area contributed by atoms with Crippen LogP contribution in [0.4, 0.5) is 23.2 Å². The molecule has 7 nitrogen and oxygen atoms in total. The van der Waals surface area contributed by atoms with E-state index in [0.717, 1.165) is 11.0 Å². The van der Waals surface area contributed by atoms with Crippen LogP contribution in [0.5, 0.6) is 0 Å². The predicted octanol–water partition coefficient (Wildman–Crippen LogP) is 3.65. The maximum absolute atomic E-state index is 14.8. The molecule has 186 valence electrons. The number of alkyl halides is 3. The number of nitriles is 1. The molecule has 0 aromatic heterocycles. The number of unbranched alkanes of at least 4 members (excludes halogenated alkanes) is 1. The van der Waals surface area contributed by atoms with Gasteiger partial charge in [-0.1, -0.05) is 12.1 Å². The first-order valence-electron chi connectivity index (χ1n) is 10.5. The number of rotatable bonds is 7. The number of amides is 1. The molecule has 0 saturated carbocycles. The number of Topliss-reactive ketones (excluding diaryl/α,β-unsaturated/α-hetero) is 1. The van der Waals surface area contributed by atoms with Crippen LogP contribution in [0, 0.1) is 17.1 Å². The van der Waals surface area contributed by atoms with Crippen LogP contribution in [0.15, 0.2) is 41.3 Å². The zero-order chi connectivity index (χ0) is 26.0. The minimum Gasteiger partial charge on any atom is -0.319 e. The molecule has 1 heterocycles. The lowest BCUT2D eigenvalue weighted by molar-refractivity contribution is -0.135. The van der Waals surface area contributed by atoms with E-state index in [1.54, 1.807) is 12.1 Å². The smallest absolute Gasteiger partial charge is 0.319 e. The summed E-state index contributed by atoms with van der Waals surface area (Å²) in [7, 11) is -4.21. The van der Waals surface area contributed by atoms with Crippen LogP contribution >= 0.6 is 0 Å². The van der Waals surface area contributed by atoms with Crippen molar-refractivity contribution in [1.82, 2.24) is 0 Å². The fraction of sp³-hybridized carbons (Fsp3) is 0.348. The minimum absolute atomic E-state index is 0.147. The number of halogens is 4. The first-order valence-corrected chi connectivity index (χ1v) is 12.2. The Morgan fingerprint density at radius 1 is 1.17 bits per heavy atom. The molecule has 0 saturated heterocycles. The molecule has 1 atom stereocenters. The summed E-state index contributed by atoms with van der Waals surface area (Å²) < 4.78 is 77.4. The van der Waals surface area contributed by atoms with Gasteiger partial charge < -0.3 is 10.6 Å². The van der Waals surface area contributed by atoms with Crippen molar-refractivity contribution in [2.45, 2.75) is 49.3 Å². The summed E-state index contributed by atoms with van der Waals surface area (Å²) >= 11 is 0. The highest BCUT2D eigenvalue weighted by Gasteiger charge is 2.37. The SMILES string of the molecule is N#Cc1ccc(CN2C(=O)[C@@H](N)CS(=O)(=O)c3cc(F)c(C(=O)CCCCC(F)(F)F)cc32)cc1. The second-order valence-electron chi connectivity index (χ2n) is 8.17. The summed E-state index contributed by atoms with van der Waals surface area (Å²) in [5, 5.41) is 8.96. The summed E-state index contributed by atoms with van der Waals surface area (Å²) in [6.45, 7) is -0.175. The molecule has 0 fully saturated rings. The fourth-order valence-electron chi connectivity index (χ4n) is 3.71. The summed E-state index contributed by atoms with van der Waals surface area (Å²) in [6.07, 6.45) is -6.32. The highest BCUT2D eigenvalue weighted by molar-refractivity contribution is 7.91. The molecule has 0 radical (unpaired) electrons. The first kappa shape index (κ1) is 26.3. The predicted molar refractivity (Wildman–Crippen MR) is 118 cm³/mol. The topological polar surface area (TPSA) is 121 Å². The molecule has 0 aliphatic carbocycles. The van der Waals surface area contributed by atoms with Gasteiger partial charge >= 0.3 is 6.18 Å². The Morgan fingerprint density at radius 2 is 1.83 bits per heavy atom. The molecule has 2 aromatic rings. The zero-order valence-electron chi connectivity index (χ0n) is 18.3. The van der Waals surface area contributed by atoms with E-state index in [2.05, 4.69) is 0 Å². The Labute approximate surface area is 199 Å².